The van der Waals surface area contributed by atoms with E-state index in [1.54, 1.807) is 47.4 Å². The van der Waals surface area contributed by atoms with Crippen LogP contribution in [0, 0.1) is 6.92 Å². The van der Waals surface area contributed by atoms with Crippen molar-refractivity contribution in [2.75, 3.05) is 30.9 Å². The smallest absolute Gasteiger partial charge is 0.261 e. The highest BCUT2D eigenvalue weighted by Gasteiger charge is 2.23. The summed E-state index contributed by atoms with van der Waals surface area (Å²) in [5.74, 6) is 0.671. The van der Waals surface area contributed by atoms with Gasteiger partial charge in [0.1, 0.15) is 5.76 Å². The quantitative estimate of drug-likeness (QED) is 0.633. The second-order valence-electron chi connectivity index (χ2n) is 7.50. The van der Waals surface area contributed by atoms with Crippen molar-refractivity contribution in [3.63, 3.8) is 0 Å². The van der Waals surface area contributed by atoms with E-state index in [0.717, 1.165) is 24.5 Å². The first-order valence-electron chi connectivity index (χ1n) is 10.0. The molecule has 4 rings (SSSR count). The summed E-state index contributed by atoms with van der Waals surface area (Å²) in [7, 11) is -3.71. The first-order chi connectivity index (χ1) is 14.9. The van der Waals surface area contributed by atoms with Crippen molar-refractivity contribution in [2.24, 2.45) is 0 Å². The third kappa shape index (κ3) is 5.12. The second-order valence-corrected chi connectivity index (χ2v) is 9.18. The summed E-state index contributed by atoms with van der Waals surface area (Å²) in [5, 5.41) is 4.02. The van der Waals surface area contributed by atoms with Gasteiger partial charge in [-0.3, -0.25) is 14.4 Å². The number of hydrogen-bond acceptors (Lipinski definition) is 6. The van der Waals surface area contributed by atoms with Crippen LogP contribution < -0.4 is 4.72 Å². The SMILES string of the molecule is Cc1cc(CN2CCN(C(=O)c3cccc(NS(=O)(=O)c4ccccc4)c3)CC2)no1. The fourth-order valence-corrected chi connectivity index (χ4v) is 4.61. The Morgan fingerprint density at radius 2 is 1.77 bits per heavy atom. The molecule has 1 fully saturated rings. The molecular formula is C22H24N4O4S. The Hall–Kier alpha value is -3.17. The van der Waals surface area contributed by atoms with Gasteiger partial charge in [0.05, 0.1) is 10.6 Å². The van der Waals surface area contributed by atoms with Gasteiger partial charge in [-0.05, 0) is 37.3 Å². The first kappa shape index (κ1) is 21.1. The Morgan fingerprint density at radius 1 is 1.03 bits per heavy atom. The van der Waals surface area contributed by atoms with Crippen molar-refractivity contribution in [1.29, 1.82) is 0 Å². The van der Waals surface area contributed by atoms with Gasteiger partial charge in [0.2, 0.25) is 0 Å². The summed E-state index contributed by atoms with van der Waals surface area (Å²) in [6, 6.07) is 16.6. The molecule has 0 radical (unpaired) electrons. The van der Waals surface area contributed by atoms with Gasteiger partial charge in [0, 0.05) is 50.0 Å². The van der Waals surface area contributed by atoms with E-state index >= 15 is 0 Å². The van der Waals surface area contributed by atoms with E-state index in [4.69, 9.17) is 4.52 Å². The normalized spacial score (nSPS) is 15.1. The van der Waals surface area contributed by atoms with Crippen LogP contribution >= 0.6 is 0 Å². The molecule has 0 saturated carbocycles. The number of amides is 1. The molecule has 2 aromatic carbocycles. The summed E-state index contributed by atoms with van der Waals surface area (Å²) < 4.78 is 32.8. The Bertz CT molecular complexity index is 1150. The molecule has 1 amide bonds. The molecule has 1 aliphatic rings. The van der Waals surface area contributed by atoms with Crippen LogP contribution in [0.15, 0.2) is 70.1 Å². The largest absolute Gasteiger partial charge is 0.361 e. The zero-order valence-corrected chi connectivity index (χ0v) is 18.0. The van der Waals surface area contributed by atoms with E-state index in [1.807, 2.05) is 13.0 Å². The second kappa shape index (κ2) is 8.91. The fourth-order valence-electron chi connectivity index (χ4n) is 3.54. The Kier molecular flexibility index (Phi) is 6.06. The molecule has 1 aromatic heterocycles. The van der Waals surface area contributed by atoms with E-state index in [9.17, 15) is 13.2 Å². The summed E-state index contributed by atoms with van der Waals surface area (Å²) >= 11 is 0. The standard InChI is InChI=1S/C22H24N4O4S/c1-17-14-20(23-30-17)16-25-10-12-26(13-11-25)22(27)18-6-5-7-19(15-18)24-31(28,29)21-8-3-2-4-9-21/h2-9,14-15,24H,10-13,16H2,1H3. The number of carbonyl (C=O) groups is 1. The van der Waals surface area contributed by atoms with Gasteiger partial charge in [-0.15, -0.1) is 0 Å². The fraction of sp³-hybridized carbons (Fsp3) is 0.273. The van der Waals surface area contributed by atoms with Crippen LogP contribution in [-0.4, -0.2) is 55.5 Å². The Morgan fingerprint density at radius 3 is 2.45 bits per heavy atom. The molecular weight excluding hydrogens is 416 g/mol. The highest BCUT2D eigenvalue weighted by atomic mass is 32.2. The monoisotopic (exact) mass is 440 g/mol. The number of nitrogens with zero attached hydrogens (tertiary/aromatic N) is 3. The average Bonchev–Trinajstić information content (AvgIpc) is 3.19. The lowest BCUT2D eigenvalue weighted by Crippen LogP contribution is -2.48. The first-order valence-corrected chi connectivity index (χ1v) is 11.5. The van der Waals surface area contributed by atoms with E-state index in [1.165, 1.54) is 12.1 Å². The molecule has 9 heteroatoms. The molecule has 0 unspecified atom stereocenters. The van der Waals surface area contributed by atoms with Crippen molar-refractivity contribution >= 4 is 21.6 Å². The predicted octanol–water partition coefficient (Wildman–Crippen LogP) is 2.74. The summed E-state index contributed by atoms with van der Waals surface area (Å²) in [6.45, 7) is 5.21. The molecule has 0 bridgehead atoms. The number of aromatic nitrogens is 1. The van der Waals surface area contributed by atoms with E-state index in [2.05, 4.69) is 14.8 Å². The topological polar surface area (TPSA) is 95.8 Å². The summed E-state index contributed by atoms with van der Waals surface area (Å²) in [6.07, 6.45) is 0. The number of carbonyl (C=O) groups excluding carboxylic acids is 1. The molecule has 2 heterocycles. The number of sulfonamides is 1. The van der Waals surface area contributed by atoms with Crippen molar-refractivity contribution < 1.29 is 17.7 Å². The van der Waals surface area contributed by atoms with Gasteiger partial charge in [0.25, 0.3) is 15.9 Å². The van der Waals surface area contributed by atoms with Gasteiger partial charge in [-0.25, -0.2) is 8.42 Å². The number of hydrogen-bond donors (Lipinski definition) is 1. The third-order valence-electron chi connectivity index (χ3n) is 5.14. The Labute approximate surface area is 181 Å². The van der Waals surface area contributed by atoms with Gasteiger partial charge in [0.15, 0.2) is 0 Å². The Balaban J connectivity index is 1.38. The van der Waals surface area contributed by atoms with Crippen LogP contribution in [0.5, 0.6) is 0 Å². The highest BCUT2D eigenvalue weighted by molar-refractivity contribution is 7.92. The van der Waals surface area contributed by atoms with Crippen molar-refractivity contribution in [3.8, 4) is 0 Å². The van der Waals surface area contributed by atoms with Crippen molar-refractivity contribution in [1.82, 2.24) is 15.0 Å². The van der Waals surface area contributed by atoms with Crippen LogP contribution in [0.3, 0.4) is 0 Å². The molecule has 1 saturated heterocycles. The molecule has 0 aliphatic carbocycles. The summed E-state index contributed by atoms with van der Waals surface area (Å²) in [4.78, 5) is 17.1. The number of anilines is 1. The number of benzene rings is 2. The van der Waals surface area contributed by atoms with Gasteiger partial charge >= 0.3 is 0 Å². The zero-order valence-electron chi connectivity index (χ0n) is 17.2. The minimum Gasteiger partial charge on any atom is -0.361 e. The van der Waals surface area contributed by atoms with Crippen LogP contribution in [0.1, 0.15) is 21.8 Å². The number of nitrogens with one attached hydrogen (secondary N) is 1. The molecule has 31 heavy (non-hydrogen) atoms. The highest BCUT2D eigenvalue weighted by Crippen LogP contribution is 2.19. The molecule has 0 atom stereocenters. The van der Waals surface area contributed by atoms with E-state index in [0.29, 0.717) is 30.9 Å². The van der Waals surface area contributed by atoms with E-state index < -0.39 is 10.0 Å². The maximum absolute atomic E-state index is 13.0. The minimum atomic E-state index is -3.71. The minimum absolute atomic E-state index is 0.113. The van der Waals surface area contributed by atoms with Crippen molar-refractivity contribution in [2.45, 2.75) is 18.4 Å². The van der Waals surface area contributed by atoms with Crippen molar-refractivity contribution in [3.05, 3.63) is 77.7 Å². The lowest BCUT2D eigenvalue weighted by Gasteiger charge is -2.34. The zero-order chi connectivity index (χ0) is 21.8. The maximum Gasteiger partial charge on any atom is 0.261 e. The number of aryl methyl sites for hydroxylation is 1. The van der Waals surface area contributed by atoms with Gasteiger partial charge in [-0.2, -0.15) is 0 Å². The number of piperazine rings is 1. The maximum atomic E-state index is 13.0. The molecule has 1 aliphatic heterocycles. The van der Waals surface area contributed by atoms with E-state index in [-0.39, 0.29) is 10.8 Å². The van der Waals surface area contributed by atoms with Crippen LogP contribution in [0.4, 0.5) is 5.69 Å². The van der Waals surface area contributed by atoms with Crippen LogP contribution in [-0.2, 0) is 16.6 Å². The molecule has 3 aromatic rings. The molecule has 0 spiro atoms. The third-order valence-corrected chi connectivity index (χ3v) is 6.53. The lowest BCUT2D eigenvalue weighted by molar-refractivity contribution is 0.0625. The van der Waals surface area contributed by atoms with Gasteiger partial charge in [-0.1, -0.05) is 29.4 Å². The van der Waals surface area contributed by atoms with Crippen LogP contribution in [0.2, 0.25) is 0 Å². The summed E-state index contributed by atoms with van der Waals surface area (Å²) in [5.41, 5.74) is 1.69. The van der Waals surface area contributed by atoms with Gasteiger partial charge < -0.3 is 9.42 Å². The predicted molar refractivity (Wildman–Crippen MR) is 116 cm³/mol. The van der Waals surface area contributed by atoms with Crippen LogP contribution in [0.25, 0.3) is 0 Å². The molecule has 8 nitrogen and oxygen atoms in total. The number of rotatable bonds is 6. The average molecular weight is 441 g/mol. The molecule has 1 N–H and O–H groups in total. The molecule has 162 valence electrons. The lowest BCUT2D eigenvalue weighted by atomic mass is 10.1.